The summed E-state index contributed by atoms with van der Waals surface area (Å²) in [5, 5.41) is 9.72. The van der Waals surface area contributed by atoms with Gasteiger partial charge in [-0.3, -0.25) is 0 Å². The molecule has 1 aliphatic carbocycles. The van der Waals surface area contributed by atoms with Gasteiger partial charge in [0.15, 0.2) is 5.83 Å². The Kier molecular flexibility index (Phi) is 7.83. The van der Waals surface area contributed by atoms with Crippen LogP contribution in [-0.4, -0.2) is 53.5 Å². The third-order valence-corrected chi connectivity index (χ3v) is 6.84. The Labute approximate surface area is 187 Å². The predicted molar refractivity (Wildman–Crippen MR) is 117 cm³/mol. The quantitative estimate of drug-likeness (QED) is 0.499. The fourth-order valence-electron chi connectivity index (χ4n) is 4.39. The topological polar surface area (TPSA) is 49.8 Å². The minimum absolute atomic E-state index is 0.00385. The molecule has 7 heteroatoms. The zero-order valence-corrected chi connectivity index (χ0v) is 18.7. The van der Waals surface area contributed by atoms with Gasteiger partial charge in [0.05, 0.1) is 12.5 Å². The van der Waals surface area contributed by atoms with E-state index >= 15 is 4.39 Å². The first-order chi connectivity index (χ1) is 15.2. The Balaban J connectivity index is 1.64. The highest BCUT2D eigenvalue weighted by molar-refractivity contribution is 5.85. The lowest BCUT2D eigenvalue weighted by Crippen LogP contribution is -2.46. The largest absolute Gasteiger partial charge is 0.479 e. The molecule has 176 valence electrons. The molecule has 2 unspecified atom stereocenters. The lowest BCUT2D eigenvalue weighted by atomic mass is 9.86. The summed E-state index contributed by atoms with van der Waals surface area (Å²) in [4.78, 5) is 14.0. The van der Waals surface area contributed by atoms with Crippen molar-refractivity contribution in [3.8, 4) is 0 Å². The van der Waals surface area contributed by atoms with Gasteiger partial charge in [-0.15, -0.1) is 0 Å². The first kappa shape index (κ1) is 24.5. The molecule has 2 atom stereocenters. The third-order valence-electron chi connectivity index (χ3n) is 6.84. The highest BCUT2D eigenvalue weighted by Gasteiger charge is 2.48. The van der Waals surface area contributed by atoms with Crippen LogP contribution in [0.1, 0.15) is 51.0 Å². The van der Waals surface area contributed by atoms with Crippen LogP contribution in [0.2, 0.25) is 0 Å². The van der Waals surface area contributed by atoms with Gasteiger partial charge < -0.3 is 14.7 Å². The van der Waals surface area contributed by atoms with Crippen molar-refractivity contribution in [1.29, 1.82) is 0 Å². The number of nitrogens with zero attached hydrogens (tertiary/aromatic N) is 1. The van der Waals surface area contributed by atoms with Gasteiger partial charge in [0, 0.05) is 6.54 Å². The fraction of sp³-hybridized carbons (Fsp3) is 0.560. The van der Waals surface area contributed by atoms with Crippen molar-refractivity contribution < 1.29 is 27.8 Å². The van der Waals surface area contributed by atoms with Crippen molar-refractivity contribution >= 4 is 5.97 Å². The van der Waals surface area contributed by atoms with Crippen LogP contribution in [0.25, 0.3) is 0 Å². The van der Waals surface area contributed by atoms with E-state index in [0.717, 1.165) is 6.08 Å². The van der Waals surface area contributed by atoms with Crippen LogP contribution in [0.3, 0.4) is 0 Å². The van der Waals surface area contributed by atoms with E-state index in [1.54, 1.807) is 30.3 Å². The zero-order valence-electron chi connectivity index (χ0n) is 18.7. The van der Waals surface area contributed by atoms with E-state index in [4.69, 9.17) is 4.74 Å². The number of rotatable bonds is 9. The van der Waals surface area contributed by atoms with Crippen molar-refractivity contribution in [1.82, 2.24) is 4.90 Å². The second kappa shape index (κ2) is 10.2. The normalized spacial score (nSPS) is 25.3. The lowest BCUT2D eigenvalue weighted by molar-refractivity contribution is -0.159. The van der Waals surface area contributed by atoms with E-state index in [-0.39, 0.29) is 12.5 Å². The van der Waals surface area contributed by atoms with Gasteiger partial charge in [0.2, 0.25) is 5.60 Å². The molecular formula is C25H32F3NO3. The molecular weight excluding hydrogens is 419 g/mol. The Morgan fingerprint density at radius 1 is 1.19 bits per heavy atom. The maximum Gasteiger partial charge on any atom is 0.347 e. The first-order valence-corrected chi connectivity index (χ1v) is 11.3. The zero-order chi connectivity index (χ0) is 23.4. The number of benzene rings is 1. The van der Waals surface area contributed by atoms with Gasteiger partial charge in [-0.25, -0.2) is 18.0 Å². The highest BCUT2D eigenvalue weighted by Crippen LogP contribution is 2.41. The number of carboxylic acid groups (broad SMARTS) is 1. The summed E-state index contributed by atoms with van der Waals surface area (Å²) in [5.74, 6) is -5.12. The molecule has 1 aliphatic heterocycles. The number of halogens is 3. The van der Waals surface area contributed by atoms with Crippen molar-refractivity contribution in [3.05, 3.63) is 59.7 Å². The number of alkyl halides is 1. The van der Waals surface area contributed by atoms with Crippen LogP contribution < -0.4 is 0 Å². The molecule has 0 aromatic heterocycles. The van der Waals surface area contributed by atoms with Crippen LogP contribution in [-0.2, 0) is 9.53 Å². The van der Waals surface area contributed by atoms with E-state index in [2.05, 4.69) is 4.90 Å². The lowest BCUT2D eigenvalue weighted by Gasteiger charge is -2.37. The second-order valence-corrected chi connectivity index (χ2v) is 8.84. The average molecular weight is 452 g/mol. The van der Waals surface area contributed by atoms with Crippen LogP contribution in [0.15, 0.2) is 54.1 Å². The monoisotopic (exact) mass is 451 g/mol. The molecule has 4 nitrogen and oxygen atoms in total. The molecule has 3 rings (SSSR count). The summed E-state index contributed by atoms with van der Waals surface area (Å²) in [7, 11) is 0. The molecule has 1 N–H and O–H groups in total. The summed E-state index contributed by atoms with van der Waals surface area (Å²) in [6, 6.07) is 8.51. The molecule has 1 saturated heterocycles. The standard InChI is InChI=1S/C25H32F3NO3/c1-3-24(28,4-2)17-29-14-11-18(12-15-29)16-32-25(23(30)31)13-10-20(21(26)22(25)27)19-8-6-5-7-9-19/h5-10,13,18,20H,3-4,11-12,14-17H2,1-2H3,(H,30,31). The Bertz CT molecular complexity index is 845. The van der Waals surface area contributed by atoms with Crippen molar-refractivity contribution in [2.24, 2.45) is 5.92 Å². The molecule has 1 aromatic carbocycles. The molecule has 1 aromatic rings. The Morgan fingerprint density at radius 3 is 2.38 bits per heavy atom. The van der Waals surface area contributed by atoms with E-state index in [9.17, 15) is 18.7 Å². The number of carboxylic acids is 1. The predicted octanol–water partition coefficient (Wildman–Crippen LogP) is 5.57. The Hall–Kier alpha value is -2.12. The van der Waals surface area contributed by atoms with E-state index in [1.807, 2.05) is 13.8 Å². The van der Waals surface area contributed by atoms with Gasteiger partial charge in [-0.1, -0.05) is 50.3 Å². The molecule has 0 saturated carbocycles. The summed E-state index contributed by atoms with van der Waals surface area (Å²) >= 11 is 0. The van der Waals surface area contributed by atoms with Gasteiger partial charge in [0.25, 0.3) is 0 Å². The summed E-state index contributed by atoms with van der Waals surface area (Å²) in [6.45, 7) is 5.38. The van der Waals surface area contributed by atoms with Crippen LogP contribution in [0, 0.1) is 5.92 Å². The molecule has 1 fully saturated rings. The summed E-state index contributed by atoms with van der Waals surface area (Å²) in [6.07, 6.45) is 4.75. The van der Waals surface area contributed by atoms with E-state index in [1.165, 1.54) is 6.08 Å². The second-order valence-electron chi connectivity index (χ2n) is 8.84. The van der Waals surface area contributed by atoms with Gasteiger partial charge in [0.1, 0.15) is 11.5 Å². The maximum atomic E-state index is 15.1. The van der Waals surface area contributed by atoms with Gasteiger partial charge in [-0.2, -0.15) is 0 Å². The minimum Gasteiger partial charge on any atom is -0.479 e. The number of ether oxygens (including phenoxy) is 1. The number of hydrogen-bond donors (Lipinski definition) is 1. The smallest absolute Gasteiger partial charge is 0.347 e. The molecule has 2 aliphatic rings. The minimum atomic E-state index is -2.45. The molecule has 0 radical (unpaired) electrons. The summed E-state index contributed by atoms with van der Waals surface area (Å²) in [5.41, 5.74) is -3.12. The number of carbonyl (C=O) groups is 1. The number of aliphatic carboxylic acids is 1. The average Bonchev–Trinajstić information content (AvgIpc) is 2.81. The number of piperidine rings is 1. The molecule has 0 bridgehead atoms. The SMILES string of the molecule is CCC(F)(CC)CN1CCC(COC2(C(=O)O)C=CC(c3ccccc3)C(F)=C2F)CC1. The third kappa shape index (κ3) is 5.09. The van der Waals surface area contributed by atoms with Crippen LogP contribution in [0.5, 0.6) is 0 Å². The highest BCUT2D eigenvalue weighted by atomic mass is 19.2. The first-order valence-electron chi connectivity index (χ1n) is 11.3. The fourth-order valence-corrected chi connectivity index (χ4v) is 4.39. The van der Waals surface area contributed by atoms with E-state index < -0.39 is 34.8 Å². The molecule has 32 heavy (non-hydrogen) atoms. The van der Waals surface area contributed by atoms with Gasteiger partial charge >= 0.3 is 5.97 Å². The van der Waals surface area contributed by atoms with Crippen LogP contribution in [0.4, 0.5) is 13.2 Å². The molecule has 0 spiro atoms. The van der Waals surface area contributed by atoms with Crippen molar-refractivity contribution in [3.63, 3.8) is 0 Å². The van der Waals surface area contributed by atoms with Crippen molar-refractivity contribution in [2.75, 3.05) is 26.2 Å². The number of hydrogen-bond acceptors (Lipinski definition) is 3. The maximum absolute atomic E-state index is 15.1. The van der Waals surface area contributed by atoms with Crippen LogP contribution >= 0.6 is 0 Å². The number of likely N-dealkylation sites (tertiary alicyclic amines) is 1. The number of allylic oxidation sites excluding steroid dienone is 2. The van der Waals surface area contributed by atoms with E-state index in [0.29, 0.717) is 50.9 Å². The van der Waals surface area contributed by atoms with Crippen molar-refractivity contribution in [2.45, 2.75) is 56.7 Å². The molecule has 0 amide bonds. The molecule has 1 heterocycles. The summed E-state index contributed by atoms with van der Waals surface area (Å²) < 4.78 is 50.2. The van der Waals surface area contributed by atoms with Gasteiger partial charge in [-0.05, 0) is 56.3 Å². The Morgan fingerprint density at radius 2 is 1.81 bits per heavy atom.